The third-order valence-corrected chi connectivity index (χ3v) is 7.21. The highest BCUT2D eigenvalue weighted by Gasteiger charge is 2.23. The van der Waals surface area contributed by atoms with Gasteiger partial charge in [-0.3, -0.25) is 14.8 Å². The van der Waals surface area contributed by atoms with Gasteiger partial charge in [-0.1, -0.05) is 6.07 Å². The number of nitriles is 1. The lowest BCUT2D eigenvalue weighted by Gasteiger charge is -2.27. The molecule has 1 aromatic carbocycles. The summed E-state index contributed by atoms with van der Waals surface area (Å²) < 4.78 is 23.5. The summed E-state index contributed by atoms with van der Waals surface area (Å²) in [6.45, 7) is 2.72. The fourth-order valence-corrected chi connectivity index (χ4v) is 5.07. The highest BCUT2D eigenvalue weighted by Crippen LogP contribution is 2.38. The normalized spacial score (nSPS) is 16.1. The van der Waals surface area contributed by atoms with Crippen molar-refractivity contribution in [3.63, 3.8) is 0 Å². The van der Waals surface area contributed by atoms with Gasteiger partial charge < -0.3 is 18.6 Å². The van der Waals surface area contributed by atoms with Gasteiger partial charge in [0.1, 0.15) is 40.6 Å². The fraction of sp³-hybridized carbons (Fsp3) is 0.333. The van der Waals surface area contributed by atoms with Gasteiger partial charge in [-0.15, -0.1) is 0 Å². The van der Waals surface area contributed by atoms with Crippen LogP contribution in [0.2, 0.25) is 0 Å². The first-order chi connectivity index (χ1) is 19.6. The summed E-state index contributed by atoms with van der Waals surface area (Å²) in [6.07, 6.45) is 6.91. The molecular formula is C30H29N5O5. The third kappa shape index (κ3) is 5.09. The Bertz CT molecular complexity index is 1580. The maximum Gasteiger partial charge on any atom is 0.286 e. The molecule has 0 unspecified atom stereocenters. The predicted molar refractivity (Wildman–Crippen MR) is 147 cm³/mol. The smallest absolute Gasteiger partial charge is 0.286 e. The number of hydrazine groups is 1. The van der Waals surface area contributed by atoms with Gasteiger partial charge in [0.2, 0.25) is 0 Å². The average molecular weight is 540 g/mol. The first-order valence-corrected chi connectivity index (χ1v) is 13.4. The van der Waals surface area contributed by atoms with Crippen LogP contribution in [0.25, 0.3) is 33.6 Å². The molecule has 1 N–H and O–H groups in total. The number of methoxy groups -OCH3 is 1. The van der Waals surface area contributed by atoms with Crippen molar-refractivity contribution in [2.75, 3.05) is 33.4 Å². The van der Waals surface area contributed by atoms with Gasteiger partial charge in [-0.25, -0.2) is 10.4 Å². The van der Waals surface area contributed by atoms with E-state index in [9.17, 15) is 10.1 Å². The molecule has 10 nitrogen and oxygen atoms in total. The Morgan fingerprint density at radius 1 is 1.10 bits per heavy atom. The number of carbonyl (C=O) groups excluding carboxylic acids is 1. The first-order valence-electron chi connectivity index (χ1n) is 13.4. The summed E-state index contributed by atoms with van der Waals surface area (Å²) in [5, 5.41) is 11.4. The third-order valence-electron chi connectivity index (χ3n) is 7.21. The monoisotopic (exact) mass is 539 g/mol. The second kappa shape index (κ2) is 11.3. The molecule has 2 aliphatic rings. The number of amides is 1. The number of hydrogen-bond acceptors (Lipinski definition) is 9. The second-order valence-corrected chi connectivity index (χ2v) is 9.78. The minimum absolute atomic E-state index is 0.0355. The number of furan rings is 1. The summed E-state index contributed by atoms with van der Waals surface area (Å²) in [5.41, 5.74) is 7.28. The number of rotatable bonds is 6. The van der Waals surface area contributed by atoms with Crippen molar-refractivity contribution in [2.45, 2.75) is 31.8 Å². The Balaban J connectivity index is 1.31. The molecule has 0 radical (unpaired) electrons. The number of ether oxygens (including phenoxy) is 3. The van der Waals surface area contributed by atoms with Gasteiger partial charge in [0, 0.05) is 56.0 Å². The zero-order chi connectivity index (χ0) is 27.5. The highest BCUT2D eigenvalue weighted by atomic mass is 16.5. The van der Waals surface area contributed by atoms with Crippen LogP contribution in [0.1, 0.15) is 41.7 Å². The van der Waals surface area contributed by atoms with Crippen molar-refractivity contribution >= 4 is 17.0 Å². The molecule has 0 aliphatic carbocycles. The molecule has 2 fully saturated rings. The molecule has 40 heavy (non-hydrogen) atoms. The van der Waals surface area contributed by atoms with Crippen LogP contribution >= 0.6 is 0 Å². The Kier molecular flexibility index (Phi) is 7.31. The SMILES string of the molecule is COc1cc(C(=O)N2CCCCN2)ncc1-c1cc2nccc(-c3ccc(OC4CCOCC4)c(C#N)c3)c2o1. The van der Waals surface area contributed by atoms with E-state index in [-0.39, 0.29) is 17.7 Å². The molecule has 5 heterocycles. The number of hydrogen-bond donors (Lipinski definition) is 1. The van der Waals surface area contributed by atoms with Crippen LogP contribution in [0, 0.1) is 11.3 Å². The summed E-state index contributed by atoms with van der Waals surface area (Å²) in [6, 6.07) is 13.1. The molecule has 4 aromatic rings. The summed E-state index contributed by atoms with van der Waals surface area (Å²) >= 11 is 0. The van der Waals surface area contributed by atoms with E-state index < -0.39 is 0 Å². The van der Waals surface area contributed by atoms with Crippen LogP contribution in [-0.2, 0) is 4.74 Å². The van der Waals surface area contributed by atoms with Crippen LogP contribution in [0.4, 0.5) is 0 Å². The van der Waals surface area contributed by atoms with E-state index in [0.29, 0.717) is 59.2 Å². The molecule has 1 amide bonds. The van der Waals surface area contributed by atoms with Crippen molar-refractivity contribution in [1.82, 2.24) is 20.4 Å². The lowest BCUT2D eigenvalue weighted by atomic mass is 10.0. The molecule has 204 valence electrons. The summed E-state index contributed by atoms with van der Waals surface area (Å²) in [5.74, 6) is 1.34. The maximum atomic E-state index is 12.9. The molecular weight excluding hydrogens is 510 g/mol. The van der Waals surface area contributed by atoms with Gasteiger partial charge in [0.15, 0.2) is 5.58 Å². The van der Waals surface area contributed by atoms with E-state index >= 15 is 0 Å². The molecule has 6 rings (SSSR count). The van der Waals surface area contributed by atoms with Gasteiger partial charge in [0.05, 0.1) is 31.5 Å². The fourth-order valence-electron chi connectivity index (χ4n) is 5.07. The van der Waals surface area contributed by atoms with Gasteiger partial charge >= 0.3 is 0 Å². The van der Waals surface area contributed by atoms with Crippen molar-refractivity contribution in [1.29, 1.82) is 5.26 Å². The predicted octanol–water partition coefficient (Wildman–Crippen LogP) is 4.74. The molecule has 2 aliphatic heterocycles. The zero-order valence-electron chi connectivity index (χ0n) is 22.2. The van der Waals surface area contributed by atoms with Crippen molar-refractivity contribution in [3.05, 3.63) is 60.0 Å². The highest BCUT2D eigenvalue weighted by molar-refractivity contribution is 5.95. The van der Waals surface area contributed by atoms with Gasteiger partial charge in [-0.2, -0.15) is 5.26 Å². The average Bonchev–Trinajstić information content (AvgIpc) is 3.46. The molecule has 0 atom stereocenters. The minimum atomic E-state index is -0.198. The zero-order valence-corrected chi connectivity index (χ0v) is 22.2. The summed E-state index contributed by atoms with van der Waals surface area (Å²) in [7, 11) is 1.55. The number of benzene rings is 1. The molecule has 10 heteroatoms. The Labute approximate surface area is 231 Å². The van der Waals surface area contributed by atoms with Crippen molar-refractivity contribution in [3.8, 4) is 40.0 Å². The number of nitrogens with one attached hydrogen (secondary N) is 1. The lowest BCUT2D eigenvalue weighted by Crippen LogP contribution is -2.47. The van der Waals surface area contributed by atoms with Crippen molar-refractivity contribution < 1.29 is 23.4 Å². The van der Waals surface area contributed by atoms with E-state index in [0.717, 1.165) is 43.4 Å². The minimum Gasteiger partial charge on any atom is -0.496 e. The molecule has 0 saturated carbocycles. The number of fused-ring (bicyclic) bond motifs is 1. The summed E-state index contributed by atoms with van der Waals surface area (Å²) in [4.78, 5) is 21.8. The van der Waals surface area contributed by atoms with Crippen molar-refractivity contribution in [2.24, 2.45) is 0 Å². The lowest BCUT2D eigenvalue weighted by molar-refractivity contribution is 0.0254. The van der Waals surface area contributed by atoms with Crippen LogP contribution in [-0.4, -0.2) is 60.4 Å². The Morgan fingerprint density at radius 2 is 1.98 bits per heavy atom. The Morgan fingerprint density at radius 3 is 2.75 bits per heavy atom. The van der Waals surface area contributed by atoms with Crippen LogP contribution in [0.5, 0.6) is 11.5 Å². The molecule has 3 aromatic heterocycles. The number of nitrogens with zero attached hydrogens (tertiary/aromatic N) is 4. The number of aromatic nitrogens is 2. The van der Waals surface area contributed by atoms with E-state index in [4.69, 9.17) is 18.6 Å². The van der Waals surface area contributed by atoms with Crippen LogP contribution in [0.15, 0.2) is 53.2 Å². The number of carbonyl (C=O) groups is 1. The Hall–Kier alpha value is -4.46. The second-order valence-electron chi connectivity index (χ2n) is 9.78. The number of pyridine rings is 2. The topological polar surface area (TPSA) is 123 Å². The van der Waals surface area contributed by atoms with E-state index in [2.05, 4.69) is 21.5 Å². The molecule has 0 spiro atoms. The van der Waals surface area contributed by atoms with E-state index in [1.54, 1.807) is 30.6 Å². The van der Waals surface area contributed by atoms with Gasteiger partial charge in [-0.05, 0) is 36.6 Å². The molecule has 2 saturated heterocycles. The quantitative estimate of drug-likeness (QED) is 0.370. The van der Waals surface area contributed by atoms with Crippen LogP contribution < -0.4 is 14.9 Å². The van der Waals surface area contributed by atoms with Gasteiger partial charge in [0.25, 0.3) is 5.91 Å². The molecule has 0 bridgehead atoms. The standard InChI is InChI=1S/C30H29N5O5/c1-37-27-16-25(30(36)35-11-3-2-9-34-35)33-18-23(27)28-15-24-29(40-28)22(6-10-32-24)19-4-5-26(20(14-19)17-31)39-21-7-12-38-13-8-21/h4-6,10,14-16,18,21,34H,2-3,7-9,11-13H2,1H3. The largest absolute Gasteiger partial charge is 0.496 e. The first kappa shape index (κ1) is 25.8. The van der Waals surface area contributed by atoms with E-state index in [1.807, 2.05) is 30.3 Å². The van der Waals surface area contributed by atoms with E-state index in [1.165, 1.54) is 0 Å². The van der Waals surface area contributed by atoms with Crippen LogP contribution in [0.3, 0.4) is 0 Å². The maximum absolute atomic E-state index is 12.9.